The molecule has 0 rings (SSSR count). The molecule has 0 aliphatic rings. The summed E-state index contributed by atoms with van der Waals surface area (Å²) in [5.41, 5.74) is 0. The van der Waals surface area contributed by atoms with Gasteiger partial charge in [-0.3, -0.25) is 0 Å². The molecule has 0 fully saturated rings. The second-order valence-electron chi connectivity index (χ2n) is 4.54. The molecule has 0 radical (unpaired) electrons. The molecule has 0 aromatic rings. The van der Waals surface area contributed by atoms with Gasteiger partial charge in [-0.2, -0.15) is 0 Å². The summed E-state index contributed by atoms with van der Waals surface area (Å²) in [4.78, 5) is 0. The van der Waals surface area contributed by atoms with Gasteiger partial charge in [0.1, 0.15) is 0 Å². The zero-order valence-electron chi connectivity index (χ0n) is 9.31. The maximum atomic E-state index is 5.74. The van der Waals surface area contributed by atoms with Crippen LogP contribution in [0.2, 0.25) is 14.3 Å². The Labute approximate surface area is 80.5 Å². The predicted molar refractivity (Wildman–Crippen MR) is 59.9 cm³/mol. The number of terminal acetylenes is 1. The van der Waals surface area contributed by atoms with E-state index in [4.69, 9.17) is 6.42 Å². The fourth-order valence-corrected chi connectivity index (χ4v) is 13.0. The van der Waals surface area contributed by atoms with Crippen LogP contribution in [-0.2, 0) is 0 Å². The van der Waals surface area contributed by atoms with Crippen LogP contribution in [0.4, 0.5) is 0 Å². The van der Waals surface area contributed by atoms with Gasteiger partial charge in [-0.15, -0.1) is 0 Å². The first-order valence-corrected chi connectivity index (χ1v) is 9.55. The van der Waals surface area contributed by atoms with E-state index < -0.39 is 13.3 Å². The van der Waals surface area contributed by atoms with E-state index in [9.17, 15) is 0 Å². The Morgan fingerprint density at radius 1 is 0.833 bits per heavy atom. The molecule has 0 aliphatic heterocycles. The second-order valence-corrected chi connectivity index (χ2v) is 16.3. The summed E-state index contributed by atoms with van der Waals surface area (Å²) in [7, 11) is 0. The molecule has 0 bridgehead atoms. The fraction of sp³-hybridized carbons (Fsp3) is 0.818. The summed E-state index contributed by atoms with van der Waals surface area (Å²) in [6.45, 7) is 13.8. The molecule has 0 amide bonds. The quantitative estimate of drug-likeness (QED) is 0.507. The molecule has 0 saturated carbocycles. The first kappa shape index (κ1) is 12.1. The van der Waals surface area contributed by atoms with E-state index in [1.165, 1.54) is 0 Å². The van der Waals surface area contributed by atoms with E-state index in [1.54, 1.807) is 0 Å². The third-order valence-corrected chi connectivity index (χ3v) is 16.2. The van der Waals surface area contributed by atoms with Crippen LogP contribution in [-0.4, -0.2) is 13.3 Å². The topological polar surface area (TPSA) is 0 Å². The summed E-state index contributed by atoms with van der Waals surface area (Å²) < 4.78 is 5.44. The number of hydrogen-bond acceptors (Lipinski definition) is 0. The van der Waals surface area contributed by atoms with Gasteiger partial charge in [0, 0.05) is 0 Å². The number of rotatable bonds is 3. The van der Waals surface area contributed by atoms with Crippen molar-refractivity contribution in [1.82, 2.24) is 0 Å². The van der Waals surface area contributed by atoms with Crippen molar-refractivity contribution >= 4 is 13.3 Å². The fourth-order valence-electron chi connectivity index (χ4n) is 2.50. The Balaban J connectivity index is 4.94. The Bertz CT molecular complexity index is 150. The van der Waals surface area contributed by atoms with Gasteiger partial charge in [0.2, 0.25) is 0 Å². The summed E-state index contributed by atoms with van der Waals surface area (Å²) in [6, 6.07) is 0. The summed E-state index contributed by atoms with van der Waals surface area (Å²) in [5.74, 6) is 0. The van der Waals surface area contributed by atoms with Crippen LogP contribution >= 0.6 is 0 Å². The molecule has 0 aromatic heterocycles. The van der Waals surface area contributed by atoms with Crippen molar-refractivity contribution in [2.75, 3.05) is 0 Å². The van der Waals surface area contributed by atoms with E-state index in [-0.39, 0.29) is 0 Å². The van der Waals surface area contributed by atoms with Crippen LogP contribution in [0.3, 0.4) is 0 Å². The Morgan fingerprint density at radius 2 is 1.08 bits per heavy atom. The van der Waals surface area contributed by atoms with Crippen molar-refractivity contribution in [2.24, 2.45) is 0 Å². The summed E-state index contributed by atoms with van der Waals surface area (Å²) in [6.07, 6.45) is 5.74. The zero-order valence-corrected chi connectivity index (χ0v) is 11.4. The van der Waals surface area contributed by atoms with Crippen LogP contribution < -0.4 is 0 Å². The molecule has 0 N–H and O–H groups in total. The Hall–Kier alpha value is 0.103. The van der Waals surface area contributed by atoms with Gasteiger partial charge in [0.05, 0.1) is 0 Å². The van der Waals surface area contributed by atoms with E-state index in [0.717, 1.165) is 14.3 Å². The molecular formula is C11H22Ge. The van der Waals surface area contributed by atoms with E-state index in [1.807, 2.05) is 0 Å². The first-order chi connectivity index (χ1) is 5.39. The molecule has 0 aromatic carbocycles. The molecule has 1 heteroatoms. The van der Waals surface area contributed by atoms with Crippen molar-refractivity contribution in [3.8, 4) is 11.2 Å². The molecule has 0 saturated heterocycles. The maximum absolute atomic E-state index is 5.74. The minimum atomic E-state index is -2.01. The van der Waals surface area contributed by atoms with Crippen LogP contribution in [0.1, 0.15) is 41.5 Å². The van der Waals surface area contributed by atoms with Crippen molar-refractivity contribution in [3.05, 3.63) is 0 Å². The average Bonchev–Trinajstić information content (AvgIpc) is 1.86. The predicted octanol–water partition coefficient (Wildman–Crippen LogP) is 3.84. The SMILES string of the molecule is C#[C][Ge]([CH](C)C)([CH](C)C)[CH](C)C. The molecule has 0 unspecified atom stereocenters. The van der Waals surface area contributed by atoms with Crippen LogP contribution in [0.25, 0.3) is 0 Å². The first-order valence-electron chi connectivity index (χ1n) is 4.87. The second kappa shape index (κ2) is 4.37. The molecular weight excluding hydrogens is 205 g/mol. The standard InChI is InChI=1S/C11H22Ge/c1-8-12(9(2)3,10(4)5)11(6)7/h1,9-11H,2-7H3. The van der Waals surface area contributed by atoms with Crippen molar-refractivity contribution in [1.29, 1.82) is 0 Å². The molecule has 12 heavy (non-hydrogen) atoms. The molecule has 0 nitrogen and oxygen atoms in total. The summed E-state index contributed by atoms with van der Waals surface area (Å²) >= 11 is -2.01. The van der Waals surface area contributed by atoms with Gasteiger partial charge in [-0.25, -0.2) is 0 Å². The van der Waals surface area contributed by atoms with Gasteiger partial charge >= 0.3 is 80.2 Å². The van der Waals surface area contributed by atoms with Gasteiger partial charge in [-0.1, -0.05) is 0 Å². The van der Waals surface area contributed by atoms with Gasteiger partial charge in [0.15, 0.2) is 0 Å². The van der Waals surface area contributed by atoms with Crippen molar-refractivity contribution in [2.45, 2.75) is 55.8 Å². The van der Waals surface area contributed by atoms with E-state index in [0.29, 0.717) is 0 Å². The van der Waals surface area contributed by atoms with E-state index in [2.05, 4.69) is 46.3 Å². The van der Waals surface area contributed by atoms with Crippen molar-refractivity contribution < 1.29 is 0 Å². The third-order valence-electron chi connectivity index (χ3n) is 3.12. The molecule has 0 heterocycles. The van der Waals surface area contributed by atoms with Crippen LogP contribution in [0, 0.1) is 11.2 Å². The van der Waals surface area contributed by atoms with Crippen molar-refractivity contribution in [3.63, 3.8) is 0 Å². The number of hydrogen-bond donors (Lipinski definition) is 0. The molecule has 0 spiro atoms. The van der Waals surface area contributed by atoms with E-state index >= 15 is 0 Å². The average molecular weight is 227 g/mol. The van der Waals surface area contributed by atoms with Crippen LogP contribution in [0.5, 0.6) is 0 Å². The zero-order chi connectivity index (χ0) is 9.94. The van der Waals surface area contributed by atoms with Gasteiger partial charge in [-0.05, 0) is 0 Å². The molecule has 70 valence electrons. The Morgan fingerprint density at radius 3 is 1.08 bits per heavy atom. The summed E-state index contributed by atoms with van der Waals surface area (Å²) in [5, 5.41) is 0. The molecule has 0 aliphatic carbocycles. The van der Waals surface area contributed by atoms with Crippen LogP contribution in [0.15, 0.2) is 0 Å². The third kappa shape index (κ3) is 1.88. The minimum absolute atomic E-state index is 0.745. The Kier molecular flexibility index (Phi) is 4.41. The van der Waals surface area contributed by atoms with Gasteiger partial charge < -0.3 is 0 Å². The monoisotopic (exact) mass is 228 g/mol. The molecule has 0 atom stereocenters. The normalized spacial score (nSPS) is 12.7. The van der Waals surface area contributed by atoms with Gasteiger partial charge in [0.25, 0.3) is 0 Å².